The first-order chi connectivity index (χ1) is 11.4. The van der Waals surface area contributed by atoms with E-state index in [-0.39, 0.29) is 36.1 Å². The number of benzene rings is 1. The molecule has 0 aliphatic carbocycles. The molecular weight excluding hydrogens is 352 g/mol. The summed E-state index contributed by atoms with van der Waals surface area (Å²) in [6.07, 6.45) is 0. The third-order valence-electron chi connectivity index (χ3n) is 2.65. The molecule has 7 nitrogen and oxygen atoms in total. The first kappa shape index (κ1) is 18.3. The van der Waals surface area contributed by atoms with Crippen molar-refractivity contribution in [2.45, 2.75) is 26.5 Å². The van der Waals surface area contributed by atoms with E-state index in [0.717, 1.165) is 11.3 Å². The van der Waals surface area contributed by atoms with Crippen LogP contribution in [0.15, 0.2) is 24.3 Å². The lowest BCUT2D eigenvalue weighted by atomic mass is 10.3. The lowest BCUT2D eigenvalue weighted by molar-refractivity contribution is -0.126. The van der Waals surface area contributed by atoms with Crippen LogP contribution >= 0.6 is 22.9 Å². The molecule has 1 heterocycles. The number of hydrogen-bond acceptors (Lipinski definition) is 6. The number of hydrogen-bond donors (Lipinski definition) is 2. The van der Waals surface area contributed by atoms with Crippen molar-refractivity contribution in [3.8, 4) is 0 Å². The highest BCUT2D eigenvalue weighted by Gasteiger charge is 2.14. The highest BCUT2D eigenvalue weighted by molar-refractivity contribution is 7.13. The number of nitrogens with one attached hydrogen (secondary N) is 2. The second-order valence-electron chi connectivity index (χ2n) is 5.18. The van der Waals surface area contributed by atoms with E-state index in [2.05, 4.69) is 20.8 Å². The van der Waals surface area contributed by atoms with Crippen LogP contribution in [-0.2, 0) is 16.1 Å². The third-order valence-corrected chi connectivity index (χ3v) is 3.78. The maximum absolute atomic E-state index is 12.1. The maximum atomic E-state index is 12.1. The van der Waals surface area contributed by atoms with E-state index in [1.54, 1.807) is 24.3 Å². The molecule has 0 bridgehead atoms. The van der Waals surface area contributed by atoms with Crippen LogP contribution < -0.4 is 10.6 Å². The largest absolute Gasteiger partial charge is 0.364 e. The molecule has 0 aliphatic rings. The third kappa shape index (κ3) is 5.88. The van der Waals surface area contributed by atoms with E-state index in [1.165, 1.54) is 0 Å². The summed E-state index contributed by atoms with van der Waals surface area (Å²) >= 11 is 6.97. The molecule has 2 aromatic rings. The van der Waals surface area contributed by atoms with Gasteiger partial charge in [-0.3, -0.25) is 9.59 Å². The quantitative estimate of drug-likeness (QED) is 0.783. The van der Waals surface area contributed by atoms with Crippen LogP contribution in [0.1, 0.15) is 28.7 Å². The van der Waals surface area contributed by atoms with Gasteiger partial charge in [0.2, 0.25) is 10.9 Å². The number of carbonyl (C=O) groups is 2. The Morgan fingerprint density at radius 3 is 2.83 bits per heavy atom. The molecule has 2 N–H and O–H groups in total. The lowest BCUT2D eigenvalue weighted by Gasteiger charge is -2.07. The van der Waals surface area contributed by atoms with E-state index in [4.69, 9.17) is 16.3 Å². The number of carbonyl (C=O) groups excluding carboxylic acids is 2. The van der Waals surface area contributed by atoms with Crippen LogP contribution in [0.4, 0.5) is 5.69 Å². The Kier molecular flexibility index (Phi) is 6.65. The van der Waals surface area contributed by atoms with Gasteiger partial charge in [-0.15, -0.1) is 10.2 Å². The topological polar surface area (TPSA) is 93.2 Å². The molecule has 24 heavy (non-hydrogen) atoms. The van der Waals surface area contributed by atoms with E-state index in [9.17, 15) is 9.59 Å². The van der Waals surface area contributed by atoms with E-state index >= 15 is 0 Å². The Morgan fingerprint density at radius 1 is 1.33 bits per heavy atom. The SMILES string of the molecule is CC(C)NC(=O)COCc1nnc(C(=O)Nc2cccc(Cl)c2)s1. The van der Waals surface area contributed by atoms with Gasteiger partial charge in [0.1, 0.15) is 18.2 Å². The van der Waals surface area contributed by atoms with Gasteiger partial charge in [0, 0.05) is 16.8 Å². The van der Waals surface area contributed by atoms with Crippen LogP contribution in [0.25, 0.3) is 0 Å². The van der Waals surface area contributed by atoms with Crippen LogP contribution in [0.5, 0.6) is 0 Å². The second-order valence-corrected chi connectivity index (χ2v) is 6.68. The maximum Gasteiger partial charge on any atom is 0.286 e. The normalized spacial score (nSPS) is 10.7. The zero-order chi connectivity index (χ0) is 17.5. The predicted molar refractivity (Wildman–Crippen MR) is 92.2 cm³/mol. The Bertz CT molecular complexity index is 720. The smallest absolute Gasteiger partial charge is 0.286 e. The fourth-order valence-corrected chi connectivity index (χ4v) is 2.61. The fraction of sp³-hybridized carbons (Fsp3) is 0.333. The zero-order valence-electron chi connectivity index (χ0n) is 13.2. The second kappa shape index (κ2) is 8.72. The van der Waals surface area contributed by atoms with E-state index in [0.29, 0.717) is 15.7 Å². The van der Waals surface area contributed by atoms with Gasteiger partial charge in [0.25, 0.3) is 5.91 Å². The monoisotopic (exact) mass is 368 g/mol. The van der Waals surface area contributed by atoms with Crippen LogP contribution in [-0.4, -0.2) is 34.7 Å². The molecule has 1 aromatic carbocycles. The zero-order valence-corrected chi connectivity index (χ0v) is 14.8. The van der Waals surface area contributed by atoms with Crippen molar-refractivity contribution in [1.82, 2.24) is 15.5 Å². The van der Waals surface area contributed by atoms with E-state index in [1.807, 2.05) is 13.8 Å². The van der Waals surface area contributed by atoms with Crippen molar-refractivity contribution in [3.05, 3.63) is 39.3 Å². The summed E-state index contributed by atoms with van der Waals surface area (Å²) in [6.45, 7) is 3.79. The van der Waals surface area contributed by atoms with Crippen molar-refractivity contribution < 1.29 is 14.3 Å². The van der Waals surface area contributed by atoms with Gasteiger partial charge < -0.3 is 15.4 Å². The molecule has 2 rings (SSSR count). The summed E-state index contributed by atoms with van der Waals surface area (Å²) in [5, 5.41) is 14.4. The van der Waals surface area contributed by atoms with Crippen molar-refractivity contribution in [1.29, 1.82) is 0 Å². The fourth-order valence-electron chi connectivity index (χ4n) is 1.75. The van der Waals surface area contributed by atoms with Gasteiger partial charge in [-0.2, -0.15) is 0 Å². The molecule has 0 saturated carbocycles. The first-order valence-corrected chi connectivity index (χ1v) is 8.40. The summed E-state index contributed by atoms with van der Waals surface area (Å²) in [5.74, 6) is -0.577. The molecular formula is C15H17ClN4O3S. The van der Waals surface area contributed by atoms with Gasteiger partial charge in [0.05, 0.1) is 0 Å². The number of aromatic nitrogens is 2. The molecule has 0 fully saturated rings. The number of nitrogens with zero attached hydrogens (tertiary/aromatic N) is 2. The highest BCUT2D eigenvalue weighted by Crippen LogP contribution is 2.17. The van der Waals surface area contributed by atoms with Crippen molar-refractivity contribution in [3.63, 3.8) is 0 Å². The number of rotatable bonds is 7. The van der Waals surface area contributed by atoms with Crippen molar-refractivity contribution in [2.24, 2.45) is 0 Å². The molecule has 9 heteroatoms. The molecule has 128 valence electrons. The summed E-state index contributed by atoms with van der Waals surface area (Å²) in [6, 6.07) is 6.87. The molecule has 1 aromatic heterocycles. The Labute approximate surface area is 148 Å². The average Bonchev–Trinajstić information content (AvgIpc) is 2.95. The molecule has 0 unspecified atom stereocenters. The van der Waals surface area contributed by atoms with Gasteiger partial charge in [0.15, 0.2) is 0 Å². The molecule has 0 radical (unpaired) electrons. The molecule has 0 atom stereocenters. The summed E-state index contributed by atoms with van der Waals surface area (Å²) in [5.41, 5.74) is 0.575. The standard InChI is InChI=1S/C15H17ClN4O3S/c1-9(2)17-12(21)7-23-8-13-19-20-15(24-13)14(22)18-11-5-3-4-10(16)6-11/h3-6,9H,7-8H2,1-2H3,(H,17,21)(H,18,22). The Morgan fingerprint density at radius 2 is 2.12 bits per heavy atom. The number of ether oxygens (including phenoxy) is 1. The summed E-state index contributed by atoms with van der Waals surface area (Å²) in [4.78, 5) is 23.5. The molecule has 0 saturated heterocycles. The number of anilines is 1. The van der Waals surface area contributed by atoms with Crippen LogP contribution in [0.3, 0.4) is 0 Å². The molecule has 0 spiro atoms. The van der Waals surface area contributed by atoms with Gasteiger partial charge in [-0.05, 0) is 32.0 Å². The highest BCUT2D eigenvalue weighted by atomic mass is 35.5. The van der Waals surface area contributed by atoms with Crippen molar-refractivity contribution >= 4 is 40.4 Å². The molecule has 0 aliphatic heterocycles. The lowest BCUT2D eigenvalue weighted by Crippen LogP contribution is -2.33. The van der Waals surface area contributed by atoms with Crippen LogP contribution in [0, 0.1) is 0 Å². The molecule has 2 amide bonds. The minimum atomic E-state index is -0.376. The summed E-state index contributed by atoms with van der Waals surface area (Å²) in [7, 11) is 0. The first-order valence-electron chi connectivity index (χ1n) is 7.20. The van der Waals surface area contributed by atoms with Crippen LogP contribution in [0.2, 0.25) is 5.02 Å². The van der Waals surface area contributed by atoms with Gasteiger partial charge in [-0.25, -0.2) is 0 Å². The Balaban J connectivity index is 1.84. The average molecular weight is 369 g/mol. The van der Waals surface area contributed by atoms with Gasteiger partial charge >= 0.3 is 0 Å². The van der Waals surface area contributed by atoms with Crippen molar-refractivity contribution in [2.75, 3.05) is 11.9 Å². The minimum absolute atomic E-state index is 0.0596. The number of amides is 2. The minimum Gasteiger partial charge on any atom is -0.364 e. The number of halogens is 1. The van der Waals surface area contributed by atoms with E-state index < -0.39 is 0 Å². The Hall–Kier alpha value is -2.03. The predicted octanol–water partition coefficient (Wildman–Crippen LogP) is 2.49. The summed E-state index contributed by atoms with van der Waals surface area (Å²) < 4.78 is 5.26. The van der Waals surface area contributed by atoms with Gasteiger partial charge in [-0.1, -0.05) is 29.0 Å².